The van der Waals surface area contributed by atoms with E-state index in [4.69, 9.17) is 9.47 Å². The van der Waals surface area contributed by atoms with Crippen LogP contribution in [0.25, 0.3) is 0 Å². The van der Waals surface area contributed by atoms with Crippen LogP contribution in [0.3, 0.4) is 0 Å². The maximum Gasteiger partial charge on any atom is 0.226 e. The van der Waals surface area contributed by atoms with Crippen LogP contribution >= 0.6 is 0 Å². The van der Waals surface area contributed by atoms with E-state index in [1.165, 1.54) is 5.56 Å². The van der Waals surface area contributed by atoms with Gasteiger partial charge in [-0.25, -0.2) is 0 Å². The molecule has 0 radical (unpaired) electrons. The van der Waals surface area contributed by atoms with Crippen molar-refractivity contribution in [3.8, 4) is 0 Å². The average molecular weight is 526 g/mol. The first-order valence-electron chi connectivity index (χ1n) is 14.0. The van der Waals surface area contributed by atoms with E-state index in [9.17, 15) is 4.79 Å². The van der Waals surface area contributed by atoms with Crippen LogP contribution in [-0.4, -0.2) is 37.4 Å². The van der Waals surface area contributed by atoms with E-state index in [0.29, 0.717) is 26.1 Å². The molecule has 0 saturated heterocycles. The molecule has 0 aliphatic carbocycles. The fourth-order valence-corrected chi connectivity index (χ4v) is 4.95. The number of nitrogens with one attached hydrogen (secondary N) is 1. The molecule has 0 unspecified atom stereocenters. The number of carbonyl (C=O) groups excluding carboxylic acids is 1. The van der Waals surface area contributed by atoms with Crippen molar-refractivity contribution < 1.29 is 14.3 Å². The number of aryl methyl sites for hydroxylation is 1. The topological polar surface area (TPSA) is 47.6 Å². The molecule has 1 amide bonds. The number of hydrogen-bond acceptors (Lipinski definition) is 3. The molecule has 3 aromatic carbocycles. The Morgan fingerprint density at radius 1 is 0.744 bits per heavy atom. The van der Waals surface area contributed by atoms with Gasteiger partial charge < -0.3 is 14.8 Å². The fourth-order valence-electron chi connectivity index (χ4n) is 4.95. The van der Waals surface area contributed by atoms with E-state index in [1.807, 2.05) is 42.5 Å². The first-order chi connectivity index (χ1) is 19.1. The Balaban J connectivity index is 1.87. The second-order valence-corrected chi connectivity index (χ2v) is 9.85. The molecule has 3 rings (SSSR count). The van der Waals surface area contributed by atoms with Crippen molar-refractivity contribution in [2.45, 2.75) is 57.3 Å². The van der Waals surface area contributed by atoms with Crippen LogP contribution in [0.5, 0.6) is 0 Å². The van der Waals surface area contributed by atoms with Crippen molar-refractivity contribution >= 4 is 5.91 Å². The van der Waals surface area contributed by atoms with Crippen LogP contribution in [0, 0.1) is 5.92 Å². The number of rotatable bonds is 18. The molecule has 0 bridgehead atoms. The Hall–Kier alpha value is -3.47. The predicted octanol–water partition coefficient (Wildman–Crippen LogP) is 6.76. The summed E-state index contributed by atoms with van der Waals surface area (Å²) >= 11 is 0. The molecule has 0 aliphatic heterocycles. The zero-order valence-corrected chi connectivity index (χ0v) is 23.2. The highest BCUT2D eigenvalue weighted by molar-refractivity contribution is 5.80. The van der Waals surface area contributed by atoms with Gasteiger partial charge in [0.2, 0.25) is 5.91 Å². The third-order valence-electron chi connectivity index (χ3n) is 6.98. The molecule has 0 saturated carbocycles. The maximum atomic E-state index is 14.1. The zero-order chi connectivity index (χ0) is 27.7. The molecule has 4 atom stereocenters. The predicted molar refractivity (Wildman–Crippen MR) is 161 cm³/mol. The van der Waals surface area contributed by atoms with Crippen molar-refractivity contribution in [1.82, 2.24) is 5.32 Å². The first kappa shape index (κ1) is 30.1. The van der Waals surface area contributed by atoms with Crippen LogP contribution in [0.4, 0.5) is 0 Å². The maximum absolute atomic E-state index is 14.1. The van der Waals surface area contributed by atoms with Gasteiger partial charge in [0.05, 0.1) is 37.4 Å². The normalized spacial score (nSPS) is 14.1. The van der Waals surface area contributed by atoms with Gasteiger partial charge in [-0.1, -0.05) is 110 Å². The van der Waals surface area contributed by atoms with E-state index in [0.717, 1.165) is 30.4 Å². The Labute approximate surface area is 234 Å². The molecule has 0 fully saturated rings. The van der Waals surface area contributed by atoms with Crippen molar-refractivity contribution in [2.24, 2.45) is 5.92 Å². The molecule has 1 N–H and O–H groups in total. The number of ether oxygens (including phenoxy) is 2. The van der Waals surface area contributed by atoms with Gasteiger partial charge in [-0.05, 0) is 48.8 Å². The third-order valence-corrected chi connectivity index (χ3v) is 6.98. The van der Waals surface area contributed by atoms with Crippen molar-refractivity contribution in [2.75, 3.05) is 13.2 Å². The molecule has 206 valence electrons. The summed E-state index contributed by atoms with van der Waals surface area (Å²) in [4.78, 5) is 14.1. The molecule has 39 heavy (non-hydrogen) atoms. The van der Waals surface area contributed by atoms with Gasteiger partial charge in [-0.3, -0.25) is 4.79 Å². The van der Waals surface area contributed by atoms with Gasteiger partial charge in [0.15, 0.2) is 0 Å². The SMILES string of the molecule is C=CCO[C@H](CCc1ccccc1)[C@H](Cc1ccccc1)NC(=O)[C@@H](Cc1ccccc1)[C@@H](CC)OCC=C. The second kappa shape index (κ2) is 17.2. The summed E-state index contributed by atoms with van der Waals surface area (Å²) in [6.45, 7) is 10.6. The minimum absolute atomic E-state index is 0.0115. The quantitative estimate of drug-likeness (QED) is 0.187. The van der Waals surface area contributed by atoms with Gasteiger partial charge in [0.1, 0.15) is 0 Å². The summed E-state index contributed by atoms with van der Waals surface area (Å²) in [7, 11) is 0. The van der Waals surface area contributed by atoms with Crippen molar-refractivity contribution in [1.29, 1.82) is 0 Å². The molecular weight excluding hydrogens is 482 g/mol. The summed E-state index contributed by atoms with van der Waals surface area (Å²) in [6, 6.07) is 30.6. The molecule has 0 heterocycles. The summed E-state index contributed by atoms with van der Waals surface area (Å²) in [6.07, 6.45) is 6.74. The summed E-state index contributed by atoms with van der Waals surface area (Å²) in [5.74, 6) is -0.354. The van der Waals surface area contributed by atoms with Gasteiger partial charge in [0.25, 0.3) is 0 Å². The molecule has 4 heteroatoms. The smallest absolute Gasteiger partial charge is 0.226 e. The molecule has 0 aromatic heterocycles. The van der Waals surface area contributed by atoms with Crippen LogP contribution in [-0.2, 0) is 33.5 Å². The zero-order valence-electron chi connectivity index (χ0n) is 23.2. The summed E-state index contributed by atoms with van der Waals surface area (Å²) < 4.78 is 12.4. The Morgan fingerprint density at radius 3 is 1.74 bits per heavy atom. The van der Waals surface area contributed by atoms with E-state index in [1.54, 1.807) is 12.2 Å². The Bertz CT molecular complexity index is 1100. The van der Waals surface area contributed by atoms with E-state index in [-0.39, 0.29) is 30.1 Å². The molecule has 0 aliphatic rings. The highest BCUT2D eigenvalue weighted by Gasteiger charge is 2.32. The van der Waals surface area contributed by atoms with E-state index < -0.39 is 0 Å². The second-order valence-electron chi connectivity index (χ2n) is 9.85. The lowest BCUT2D eigenvalue weighted by Crippen LogP contribution is -2.50. The Morgan fingerprint density at radius 2 is 1.23 bits per heavy atom. The van der Waals surface area contributed by atoms with Crippen LogP contribution < -0.4 is 5.32 Å². The fraction of sp³-hybridized carbons (Fsp3) is 0.343. The van der Waals surface area contributed by atoms with Crippen LogP contribution in [0.15, 0.2) is 116 Å². The largest absolute Gasteiger partial charge is 0.373 e. The molecular formula is C35H43NO3. The van der Waals surface area contributed by atoms with Gasteiger partial charge >= 0.3 is 0 Å². The lowest BCUT2D eigenvalue weighted by molar-refractivity contribution is -0.132. The van der Waals surface area contributed by atoms with Crippen molar-refractivity contribution in [3.05, 3.63) is 133 Å². The molecule has 3 aromatic rings. The van der Waals surface area contributed by atoms with Crippen LogP contribution in [0.1, 0.15) is 36.5 Å². The standard InChI is InChI=1S/C35H43NO3/c1-4-24-38-33(6-3)31(26-29-18-12-8-13-19-29)35(37)36-32(27-30-20-14-9-15-21-30)34(39-25-5-2)23-22-28-16-10-7-11-17-28/h4-5,7-21,31-34H,1-2,6,22-27H2,3H3,(H,36,37)/t31-,32-,33+,34+/m0/s1. The molecule has 4 nitrogen and oxygen atoms in total. The lowest BCUT2D eigenvalue weighted by atomic mass is 9.90. The van der Waals surface area contributed by atoms with Gasteiger partial charge in [-0.15, -0.1) is 13.2 Å². The highest BCUT2D eigenvalue weighted by atomic mass is 16.5. The number of carbonyl (C=O) groups is 1. The van der Waals surface area contributed by atoms with Crippen LogP contribution in [0.2, 0.25) is 0 Å². The monoisotopic (exact) mass is 525 g/mol. The minimum Gasteiger partial charge on any atom is -0.373 e. The third kappa shape index (κ3) is 10.3. The van der Waals surface area contributed by atoms with Crippen molar-refractivity contribution in [3.63, 3.8) is 0 Å². The minimum atomic E-state index is -0.343. The van der Waals surface area contributed by atoms with Gasteiger partial charge in [0, 0.05) is 0 Å². The number of benzene rings is 3. The first-order valence-corrected chi connectivity index (χ1v) is 14.0. The highest BCUT2D eigenvalue weighted by Crippen LogP contribution is 2.21. The van der Waals surface area contributed by atoms with Gasteiger partial charge in [-0.2, -0.15) is 0 Å². The number of amides is 1. The Kier molecular flexibility index (Phi) is 13.3. The lowest BCUT2D eigenvalue weighted by Gasteiger charge is -2.32. The summed E-state index contributed by atoms with van der Waals surface area (Å²) in [5.41, 5.74) is 3.52. The van der Waals surface area contributed by atoms with E-state index in [2.05, 4.69) is 73.9 Å². The summed E-state index contributed by atoms with van der Waals surface area (Å²) in [5, 5.41) is 3.42. The number of hydrogen-bond donors (Lipinski definition) is 1. The average Bonchev–Trinajstić information content (AvgIpc) is 2.98. The molecule has 0 spiro atoms. The van der Waals surface area contributed by atoms with E-state index >= 15 is 0 Å².